The molecule has 2 aromatic carbocycles. The van der Waals surface area contributed by atoms with E-state index in [-0.39, 0.29) is 17.9 Å². The van der Waals surface area contributed by atoms with Gasteiger partial charge in [-0.2, -0.15) is 0 Å². The standard InChI is InChI=1S/C30H35F3N4O/c1-2-37(36-16-10-22(11-17-36)25-20-34-28-8-4-3-7-24(25)28)23-12-14-35(15-13-23)29(38)9-5-6-21-18-26(31)30(33)27(32)19-21/h3-8,18-20,22-23,34H,2,9-17H2,1H3/b6-5+. The topological polar surface area (TPSA) is 42.6 Å². The molecule has 38 heavy (non-hydrogen) atoms. The van der Waals surface area contributed by atoms with Crippen LogP contribution in [0.4, 0.5) is 13.2 Å². The van der Waals surface area contributed by atoms with Gasteiger partial charge in [-0.25, -0.2) is 23.2 Å². The molecule has 1 N–H and O–H groups in total. The average Bonchev–Trinajstić information content (AvgIpc) is 3.37. The van der Waals surface area contributed by atoms with Gasteiger partial charge in [-0.1, -0.05) is 37.3 Å². The van der Waals surface area contributed by atoms with Crippen molar-refractivity contribution in [1.29, 1.82) is 0 Å². The molecule has 8 heteroatoms. The van der Waals surface area contributed by atoms with Crippen LogP contribution < -0.4 is 0 Å². The molecule has 3 aromatic rings. The number of amides is 1. The number of carbonyl (C=O) groups excluding carboxylic acids is 1. The lowest BCUT2D eigenvalue weighted by Crippen LogP contribution is -2.55. The van der Waals surface area contributed by atoms with Gasteiger partial charge in [0.25, 0.3) is 0 Å². The Balaban J connectivity index is 1.10. The summed E-state index contributed by atoms with van der Waals surface area (Å²) >= 11 is 0. The third-order valence-electron chi connectivity index (χ3n) is 8.07. The first kappa shape index (κ1) is 26.5. The minimum absolute atomic E-state index is 0.00894. The Morgan fingerprint density at radius 3 is 2.39 bits per heavy atom. The summed E-state index contributed by atoms with van der Waals surface area (Å²) in [6, 6.07) is 10.8. The summed E-state index contributed by atoms with van der Waals surface area (Å²) in [6.45, 7) is 6.61. The van der Waals surface area contributed by atoms with Crippen molar-refractivity contribution in [2.24, 2.45) is 0 Å². The van der Waals surface area contributed by atoms with Gasteiger partial charge in [0.15, 0.2) is 17.5 Å². The van der Waals surface area contributed by atoms with Gasteiger partial charge < -0.3 is 9.88 Å². The summed E-state index contributed by atoms with van der Waals surface area (Å²) < 4.78 is 39.9. The number of fused-ring (bicyclic) bond motifs is 1. The molecular weight excluding hydrogens is 489 g/mol. The molecule has 3 heterocycles. The van der Waals surface area contributed by atoms with Crippen molar-refractivity contribution in [2.75, 3.05) is 32.7 Å². The third kappa shape index (κ3) is 5.66. The van der Waals surface area contributed by atoms with Crippen molar-refractivity contribution in [3.8, 4) is 0 Å². The molecule has 202 valence electrons. The van der Waals surface area contributed by atoms with Gasteiger partial charge in [-0.15, -0.1) is 0 Å². The van der Waals surface area contributed by atoms with E-state index in [1.807, 2.05) is 4.90 Å². The summed E-state index contributed by atoms with van der Waals surface area (Å²) in [5.74, 6) is -3.40. The number of rotatable bonds is 7. The third-order valence-corrected chi connectivity index (χ3v) is 8.07. The molecule has 2 aliphatic heterocycles. The van der Waals surface area contributed by atoms with Crippen molar-refractivity contribution in [3.63, 3.8) is 0 Å². The lowest BCUT2D eigenvalue weighted by Gasteiger charge is -2.46. The zero-order chi connectivity index (χ0) is 26.6. The fraction of sp³-hybridized carbons (Fsp3) is 0.433. The van der Waals surface area contributed by atoms with Gasteiger partial charge in [0.2, 0.25) is 5.91 Å². The number of aromatic nitrogens is 1. The number of para-hydroxylation sites is 1. The molecule has 2 saturated heterocycles. The van der Waals surface area contributed by atoms with Crippen LogP contribution in [0.1, 0.15) is 56.1 Å². The van der Waals surface area contributed by atoms with Crippen LogP contribution in [-0.2, 0) is 4.79 Å². The number of hydrogen-bond donors (Lipinski definition) is 1. The van der Waals surface area contributed by atoms with Gasteiger partial charge in [-0.05, 0) is 60.9 Å². The number of H-pyrrole nitrogens is 1. The molecule has 0 atom stereocenters. The first-order chi connectivity index (χ1) is 18.4. The van der Waals surface area contributed by atoms with Crippen molar-refractivity contribution in [1.82, 2.24) is 19.9 Å². The zero-order valence-corrected chi connectivity index (χ0v) is 21.8. The minimum Gasteiger partial charge on any atom is -0.361 e. The van der Waals surface area contributed by atoms with Crippen LogP contribution in [0.3, 0.4) is 0 Å². The molecule has 0 spiro atoms. The summed E-state index contributed by atoms with van der Waals surface area (Å²) in [5, 5.41) is 6.35. The van der Waals surface area contributed by atoms with Crippen LogP contribution in [0.15, 0.2) is 48.7 Å². The second kappa shape index (κ2) is 11.7. The SMILES string of the molecule is CCN(C1CCN(C(=O)C/C=C/c2cc(F)c(F)c(F)c2)CC1)N1CCC(c2c[nH]c3ccccc23)CC1. The highest BCUT2D eigenvalue weighted by Crippen LogP contribution is 2.34. The zero-order valence-electron chi connectivity index (χ0n) is 21.8. The van der Waals surface area contributed by atoms with E-state index in [1.165, 1.54) is 22.5 Å². The molecule has 1 aromatic heterocycles. The van der Waals surface area contributed by atoms with Crippen LogP contribution in [0, 0.1) is 17.5 Å². The maximum absolute atomic E-state index is 13.4. The Kier molecular flexibility index (Phi) is 8.19. The number of benzene rings is 2. The van der Waals surface area contributed by atoms with E-state index in [4.69, 9.17) is 0 Å². The van der Waals surface area contributed by atoms with Gasteiger partial charge in [0.1, 0.15) is 0 Å². The molecule has 2 aliphatic rings. The van der Waals surface area contributed by atoms with Crippen LogP contribution in [0.2, 0.25) is 0 Å². The van der Waals surface area contributed by atoms with E-state index < -0.39 is 17.5 Å². The molecule has 0 bridgehead atoms. The van der Waals surface area contributed by atoms with E-state index in [1.54, 1.807) is 6.08 Å². The number of carbonyl (C=O) groups is 1. The summed E-state index contributed by atoms with van der Waals surface area (Å²) in [5.41, 5.74) is 2.83. The van der Waals surface area contributed by atoms with Crippen LogP contribution in [0.5, 0.6) is 0 Å². The van der Waals surface area contributed by atoms with Crippen molar-refractivity contribution >= 4 is 22.9 Å². The van der Waals surface area contributed by atoms with E-state index in [2.05, 4.69) is 52.4 Å². The molecule has 5 nitrogen and oxygen atoms in total. The van der Waals surface area contributed by atoms with Crippen molar-refractivity contribution in [2.45, 2.75) is 51.0 Å². The Morgan fingerprint density at radius 2 is 1.71 bits per heavy atom. The van der Waals surface area contributed by atoms with E-state index in [9.17, 15) is 18.0 Å². The van der Waals surface area contributed by atoms with E-state index >= 15 is 0 Å². The number of likely N-dealkylation sites (tertiary alicyclic amines) is 1. The first-order valence-corrected chi connectivity index (χ1v) is 13.6. The summed E-state index contributed by atoms with van der Waals surface area (Å²) in [6.07, 6.45) is 9.45. The predicted molar refractivity (Wildman–Crippen MR) is 144 cm³/mol. The van der Waals surface area contributed by atoms with Gasteiger partial charge in [0.05, 0.1) is 0 Å². The lowest BCUT2D eigenvalue weighted by molar-refractivity contribution is -0.134. The maximum Gasteiger partial charge on any atom is 0.226 e. The number of nitrogens with one attached hydrogen (secondary N) is 1. The summed E-state index contributed by atoms with van der Waals surface area (Å²) in [7, 11) is 0. The van der Waals surface area contributed by atoms with Gasteiger partial charge in [0, 0.05) is 62.3 Å². The van der Waals surface area contributed by atoms with Crippen LogP contribution >= 0.6 is 0 Å². The van der Waals surface area contributed by atoms with E-state index in [0.717, 1.165) is 57.5 Å². The number of halogens is 3. The molecule has 2 fully saturated rings. The monoisotopic (exact) mass is 524 g/mol. The van der Waals surface area contributed by atoms with Gasteiger partial charge in [-0.3, -0.25) is 4.79 Å². The quantitative estimate of drug-likeness (QED) is 0.380. The normalized spacial score (nSPS) is 18.3. The second-order valence-corrected chi connectivity index (χ2v) is 10.3. The second-order valence-electron chi connectivity index (χ2n) is 10.3. The first-order valence-electron chi connectivity index (χ1n) is 13.6. The molecule has 0 unspecified atom stereocenters. The van der Waals surface area contributed by atoms with Gasteiger partial charge >= 0.3 is 0 Å². The fourth-order valence-corrected chi connectivity index (χ4v) is 6.06. The number of hydrazine groups is 1. The van der Waals surface area contributed by atoms with Crippen LogP contribution in [0.25, 0.3) is 17.0 Å². The number of piperidine rings is 2. The number of hydrogen-bond acceptors (Lipinski definition) is 3. The van der Waals surface area contributed by atoms with Crippen molar-refractivity contribution < 1.29 is 18.0 Å². The number of aromatic amines is 1. The smallest absolute Gasteiger partial charge is 0.226 e. The molecule has 1 amide bonds. The Bertz CT molecular complexity index is 1270. The lowest BCUT2D eigenvalue weighted by atomic mass is 9.89. The highest BCUT2D eigenvalue weighted by atomic mass is 19.2. The highest BCUT2D eigenvalue weighted by molar-refractivity contribution is 5.83. The minimum atomic E-state index is -1.49. The molecule has 5 rings (SSSR count). The van der Waals surface area contributed by atoms with E-state index in [0.29, 0.717) is 25.0 Å². The largest absolute Gasteiger partial charge is 0.361 e. The fourth-order valence-electron chi connectivity index (χ4n) is 6.06. The number of nitrogens with zero attached hydrogens (tertiary/aromatic N) is 3. The Hall–Kier alpha value is -3.10. The Labute approximate surface area is 221 Å². The Morgan fingerprint density at radius 1 is 1.03 bits per heavy atom. The van der Waals surface area contributed by atoms with Crippen molar-refractivity contribution in [3.05, 3.63) is 77.2 Å². The molecule has 0 aliphatic carbocycles. The highest BCUT2D eigenvalue weighted by Gasteiger charge is 2.31. The average molecular weight is 525 g/mol. The molecule has 0 radical (unpaired) electrons. The van der Waals surface area contributed by atoms with Crippen LogP contribution in [-0.4, -0.2) is 64.6 Å². The molecular formula is C30H35F3N4O. The summed E-state index contributed by atoms with van der Waals surface area (Å²) in [4.78, 5) is 18.0. The molecule has 0 saturated carbocycles. The predicted octanol–water partition coefficient (Wildman–Crippen LogP) is 6.10. The maximum atomic E-state index is 13.4.